The molecule has 4 nitrogen and oxygen atoms in total. The SMILES string of the molecule is CC(=N)N1C(=N)CCc2cc(-c3cnccc3C3CC3)cc(Cl)c21. The van der Waals surface area contributed by atoms with E-state index in [4.69, 9.17) is 22.4 Å². The van der Waals surface area contributed by atoms with E-state index in [1.165, 1.54) is 18.4 Å². The van der Waals surface area contributed by atoms with Gasteiger partial charge in [0.25, 0.3) is 0 Å². The Bertz CT molecular complexity index is 854. The Morgan fingerprint density at radius 3 is 2.79 bits per heavy atom. The van der Waals surface area contributed by atoms with Gasteiger partial charge in [-0.1, -0.05) is 11.6 Å². The topological polar surface area (TPSA) is 63.8 Å². The summed E-state index contributed by atoms with van der Waals surface area (Å²) < 4.78 is 0. The summed E-state index contributed by atoms with van der Waals surface area (Å²) in [5.41, 5.74) is 5.49. The first kappa shape index (κ1) is 15.3. The third-order valence-electron chi connectivity index (χ3n) is 4.79. The van der Waals surface area contributed by atoms with Crippen LogP contribution >= 0.6 is 11.6 Å². The van der Waals surface area contributed by atoms with Crippen molar-refractivity contribution in [2.24, 2.45) is 0 Å². The van der Waals surface area contributed by atoms with Crippen LogP contribution in [-0.4, -0.2) is 16.7 Å². The molecule has 1 aromatic heterocycles. The molecule has 0 radical (unpaired) electrons. The van der Waals surface area contributed by atoms with Crippen molar-refractivity contribution in [3.63, 3.8) is 0 Å². The standard InChI is InChI=1S/C19H19ClN4/c1-11(21)24-18(22)5-4-13-8-14(9-17(20)19(13)24)16-10-23-7-6-15(16)12-2-3-12/h6-10,12,21-22H,2-5H2,1H3. The lowest BCUT2D eigenvalue weighted by Crippen LogP contribution is -2.38. The number of halogens is 1. The number of benzene rings is 1. The molecule has 0 atom stereocenters. The maximum atomic E-state index is 8.14. The summed E-state index contributed by atoms with van der Waals surface area (Å²) in [4.78, 5) is 5.96. The number of pyridine rings is 1. The predicted octanol–water partition coefficient (Wildman–Crippen LogP) is 5.01. The molecule has 1 aliphatic heterocycles. The molecule has 1 fully saturated rings. The monoisotopic (exact) mass is 338 g/mol. The van der Waals surface area contributed by atoms with Gasteiger partial charge in [-0.15, -0.1) is 0 Å². The Morgan fingerprint density at radius 1 is 1.29 bits per heavy atom. The number of nitrogens with zero attached hydrogens (tertiary/aromatic N) is 2. The van der Waals surface area contributed by atoms with Crippen molar-refractivity contribution in [2.75, 3.05) is 4.90 Å². The van der Waals surface area contributed by atoms with Crippen molar-refractivity contribution in [2.45, 2.75) is 38.5 Å². The van der Waals surface area contributed by atoms with Crippen LogP contribution in [0.1, 0.15) is 43.2 Å². The van der Waals surface area contributed by atoms with Crippen molar-refractivity contribution in [3.05, 3.63) is 46.7 Å². The van der Waals surface area contributed by atoms with Gasteiger partial charge in [-0.3, -0.25) is 20.7 Å². The second-order valence-corrected chi connectivity index (χ2v) is 6.98. The van der Waals surface area contributed by atoms with Gasteiger partial charge in [-0.05, 0) is 67.0 Å². The first-order valence-corrected chi connectivity index (χ1v) is 8.63. The van der Waals surface area contributed by atoms with Gasteiger partial charge >= 0.3 is 0 Å². The van der Waals surface area contributed by atoms with Crippen LogP contribution in [0.3, 0.4) is 0 Å². The summed E-state index contributed by atoms with van der Waals surface area (Å²) in [6.45, 7) is 1.69. The van der Waals surface area contributed by atoms with Crippen molar-refractivity contribution in [1.82, 2.24) is 4.98 Å². The van der Waals surface area contributed by atoms with Gasteiger partial charge in [0.1, 0.15) is 11.7 Å². The number of nitrogens with one attached hydrogen (secondary N) is 2. The van der Waals surface area contributed by atoms with Crippen LogP contribution in [0, 0.1) is 10.8 Å². The lowest BCUT2D eigenvalue weighted by Gasteiger charge is -2.32. The minimum Gasteiger partial charge on any atom is -0.288 e. The van der Waals surface area contributed by atoms with E-state index in [0.717, 1.165) is 28.8 Å². The van der Waals surface area contributed by atoms with E-state index < -0.39 is 0 Å². The van der Waals surface area contributed by atoms with Gasteiger partial charge in [-0.25, -0.2) is 0 Å². The molecule has 2 aliphatic rings. The van der Waals surface area contributed by atoms with E-state index in [1.807, 2.05) is 18.5 Å². The van der Waals surface area contributed by atoms with E-state index in [0.29, 0.717) is 29.0 Å². The molecule has 24 heavy (non-hydrogen) atoms. The van der Waals surface area contributed by atoms with Gasteiger partial charge in [0.2, 0.25) is 0 Å². The molecule has 4 rings (SSSR count). The van der Waals surface area contributed by atoms with Crippen LogP contribution in [0.25, 0.3) is 11.1 Å². The van der Waals surface area contributed by atoms with Crippen LogP contribution in [-0.2, 0) is 6.42 Å². The average Bonchev–Trinajstić information content (AvgIpc) is 3.39. The highest BCUT2D eigenvalue weighted by Gasteiger charge is 2.29. The summed E-state index contributed by atoms with van der Waals surface area (Å²) in [6.07, 6.45) is 7.69. The third kappa shape index (κ3) is 2.51. The minimum absolute atomic E-state index is 0.329. The zero-order chi connectivity index (χ0) is 16.8. The van der Waals surface area contributed by atoms with Gasteiger partial charge in [0.15, 0.2) is 0 Å². The van der Waals surface area contributed by atoms with Gasteiger partial charge < -0.3 is 0 Å². The Labute approximate surface area is 146 Å². The molecule has 0 saturated heterocycles. The van der Waals surface area contributed by atoms with Crippen LogP contribution in [0.5, 0.6) is 0 Å². The zero-order valence-corrected chi connectivity index (χ0v) is 14.3. The van der Waals surface area contributed by atoms with Crippen LogP contribution < -0.4 is 4.90 Å². The molecule has 1 aliphatic carbocycles. The molecule has 5 heteroatoms. The van der Waals surface area contributed by atoms with E-state index in [9.17, 15) is 0 Å². The molecule has 2 aromatic rings. The van der Waals surface area contributed by atoms with E-state index in [1.54, 1.807) is 11.8 Å². The summed E-state index contributed by atoms with van der Waals surface area (Å²) in [7, 11) is 0. The number of aryl methyl sites for hydroxylation is 1. The van der Waals surface area contributed by atoms with Crippen molar-refractivity contribution in [1.29, 1.82) is 10.8 Å². The molecule has 2 N–H and O–H groups in total. The molecular formula is C19H19ClN4. The number of amidine groups is 2. The Hall–Kier alpha value is -2.20. The predicted molar refractivity (Wildman–Crippen MR) is 98.6 cm³/mol. The van der Waals surface area contributed by atoms with Crippen molar-refractivity contribution >= 4 is 29.0 Å². The summed E-state index contributed by atoms with van der Waals surface area (Å²) >= 11 is 6.59. The smallest absolute Gasteiger partial charge is 0.106 e. The third-order valence-corrected chi connectivity index (χ3v) is 5.07. The van der Waals surface area contributed by atoms with E-state index in [-0.39, 0.29) is 0 Å². The lowest BCUT2D eigenvalue weighted by atomic mass is 9.93. The fourth-order valence-electron chi connectivity index (χ4n) is 3.52. The van der Waals surface area contributed by atoms with E-state index in [2.05, 4.69) is 17.1 Å². The molecule has 1 saturated carbocycles. The average molecular weight is 339 g/mol. The quantitative estimate of drug-likeness (QED) is 0.597. The Morgan fingerprint density at radius 2 is 2.08 bits per heavy atom. The number of hydrogen-bond donors (Lipinski definition) is 2. The van der Waals surface area contributed by atoms with Crippen LogP contribution in [0.2, 0.25) is 5.02 Å². The molecule has 0 bridgehead atoms. The maximum absolute atomic E-state index is 8.14. The molecule has 0 amide bonds. The minimum atomic E-state index is 0.329. The normalized spacial score (nSPS) is 16.9. The first-order valence-electron chi connectivity index (χ1n) is 8.25. The largest absolute Gasteiger partial charge is 0.288 e. The zero-order valence-electron chi connectivity index (χ0n) is 13.6. The maximum Gasteiger partial charge on any atom is 0.106 e. The molecule has 1 aromatic carbocycles. The van der Waals surface area contributed by atoms with Gasteiger partial charge in [0.05, 0.1) is 10.7 Å². The molecule has 0 unspecified atom stereocenters. The van der Waals surface area contributed by atoms with Gasteiger partial charge in [-0.2, -0.15) is 0 Å². The number of hydrogen-bond acceptors (Lipinski definition) is 3. The Balaban J connectivity index is 1.85. The first-order chi connectivity index (χ1) is 11.6. The molecule has 0 spiro atoms. The van der Waals surface area contributed by atoms with Crippen molar-refractivity contribution in [3.8, 4) is 11.1 Å². The number of fused-ring (bicyclic) bond motifs is 1. The number of aromatic nitrogens is 1. The summed E-state index contributed by atoms with van der Waals surface area (Å²) in [6, 6.07) is 6.23. The number of anilines is 1. The van der Waals surface area contributed by atoms with E-state index >= 15 is 0 Å². The summed E-state index contributed by atoms with van der Waals surface area (Å²) in [5.74, 6) is 1.41. The molecule has 2 heterocycles. The molecular weight excluding hydrogens is 320 g/mol. The lowest BCUT2D eigenvalue weighted by molar-refractivity contribution is 0.968. The molecule has 122 valence electrons. The van der Waals surface area contributed by atoms with Crippen molar-refractivity contribution < 1.29 is 0 Å². The second-order valence-electron chi connectivity index (χ2n) is 6.57. The fraction of sp³-hybridized carbons (Fsp3) is 0.316. The van der Waals surface area contributed by atoms with Crippen LogP contribution in [0.15, 0.2) is 30.6 Å². The summed E-state index contributed by atoms with van der Waals surface area (Å²) in [5, 5.41) is 16.7. The van der Waals surface area contributed by atoms with Crippen LogP contribution in [0.4, 0.5) is 5.69 Å². The second kappa shape index (κ2) is 5.71. The Kier molecular flexibility index (Phi) is 3.65. The highest BCUT2D eigenvalue weighted by atomic mass is 35.5. The fourth-order valence-corrected chi connectivity index (χ4v) is 3.84. The van der Waals surface area contributed by atoms with Gasteiger partial charge in [0, 0.05) is 24.4 Å². The highest BCUT2D eigenvalue weighted by Crippen LogP contribution is 2.46. The highest BCUT2D eigenvalue weighted by molar-refractivity contribution is 6.36. The number of rotatable bonds is 2.